The molecule has 4 nitrogen and oxygen atoms in total. The Balaban J connectivity index is 2.08. The van der Waals surface area contributed by atoms with E-state index in [1.807, 2.05) is 24.3 Å². The highest BCUT2D eigenvalue weighted by Gasteiger charge is 2.39. The molecule has 1 aliphatic heterocycles. The van der Waals surface area contributed by atoms with E-state index in [2.05, 4.69) is 26.1 Å². The van der Waals surface area contributed by atoms with Crippen LogP contribution in [0.25, 0.3) is 0 Å². The van der Waals surface area contributed by atoms with Gasteiger partial charge in [0.25, 0.3) is 0 Å². The van der Waals surface area contributed by atoms with Crippen LogP contribution in [0.3, 0.4) is 0 Å². The fourth-order valence-electron chi connectivity index (χ4n) is 1.31. The molecule has 1 N–H and O–H groups in total. The summed E-state index contributed by atoms with van der Waals surface area (Å²) in [5, 5.41) is 8.93. The van der Waals surface area contributed by atoms with Crippen LogP contribution in [0.4, 0.5) is 13.2 Å². The van der Waals surface area contributed by atoms with E-state index in [0.29, 0.717) is 11.5 Å². The number of carbonyl (C=O) groups is 1. The second kappa shape index (κ2) is 5.96. The molecule has 0 unspecified atom stereocenters. The number of alkyl halides is 3. The fourth-order valence-corrected chi connectivity index (χ4v) is 2.34. The number of nitrogens with one attached hydrogen (secondary N) is 1. The Bertz CT molecular complexity index is 584. The molecule has 0 radical (unpaired) electrons. The lowest BCUT2D eigenvalue weighted by Crippen LogP contribution is -2.40. The van der Waals surface area contributed by atoms with E-state index in [-0.39, 0.29) is 5.17 Å². The number of halogens is 4. The summed E-state index contributed by atoms with van der Waals surface area (Å²) in [6, 6.07) is 7.29. The average molecular weight is 366 g/mol. The maximum atomic E-state index is 12.1. The maximum Gasteiger partial charge on any atom is 0.471 e. The van der Waals surface area contributed by atoms with Gasteiger partial charge in [-0.05, 0) is 17.7 Å². The second-order valence-corrected chi connectivity index (χ2v) is 5.58. The molecule has 0 aromatic heterocycles. The molecular formula is C11H7BrF3N3OS. The molecule has 1 amide bonds. The third kappa shape index (κ3) is 3.83. The molecule has 0 saturated carbocycles. The molecule has 1 aliphatic rings. The van der Waals surface area contributed by atoms with Crippen molar-refractivity contribution < 1.29 is 18.0 Å². The quantitative estimate of drug-likeness (QED) is 0.831. The van der Waals surface area contributed by atoms with E-state index in [9.17, 15) is 18.0 Å². The second-order valence-electron chi connectivity index (χ2n) is 3.70. The summed E-state index contributed by atoms with van der Waals surface area (Å²) in [6.07, 6.45) is -4.93. The molecule has 1 aromatic carbocycles. The van der Waals surface area contributed by atoms with Crippen LogP contribution in [0.15, 0.2) is 38.9 Å². The largest absolute Gasteiger partial charge is 0.471 e. The zero-order valence-electron chi connectivity index (χ0n) is 9.74. The summed E-state index contributed by atoms with van der Waals surface area (Å²) in [4.78, 5) is 10.7. The number of rotatable bonds is 1. The molecular weight excluding hydrogens is 359 g/mol. The predicted octanol–water partition coefficient (Wildman–Crippen LogP) is 2.93. The van der Waals surface area contributed by atoms with E-state index >= 15 is 0 Å². The van der Waals surface area contributed by atoms with Crippen LogP contribution >= 0.6 is 27.7 Å². The van der Waals surface area contributed by atoms with Gasteiger partial charge in [-0.25, -0.2) is 0 Å². The molecule has 20 heavy (non-hydrogen) atoms. The highest BCUT2D eigenvalue weighted by Crippen LogP contribution is 2.19. The van der Waals surface area contributed by atoms with Gasteiger partial charge in [0.2, 0.25) is 0 Å². The van der Waals surface area contributed by atoms with Crippen LogP contribution in [0.5, 0.6) is 0 Å². The summed E-state index contributed by atoms with van der Waals surface area (Å²) < 4.78 is 37.1. The molecule has 9 heteroatoms. The number of nitrogens with zero attached hydrogens (tertiary/aromatic N) is 2. The van der Waals surface area contributed by atoms with Crippen LogP contribution in [-0.2, 0) is 4.79 Å². The molecule has 0 fully saturated rings. The molecule has 0 spiro atoms. The standard InChI is InChI=1S/C11H7BrF3N3OS/c12-7-3-1-6(2-4-7)8-5-20-10(18-17-8)16-9(19)11(13,14)15/h1-4H,5H2,(H,16,18,19). The topological polar surface area (TPSA) is 53.8 Å². The Morgan fingerprint density at radius 1 is 1.25 bits per heavy atom. The van der Waals surface area contributed by atoms with Crippen LogP contribution in [0, 0.1) is 0 Å². The normalized spacial score (nSPS) is 15.4. The van der Waals surface area contributed by atoms with E-state index in [0.717, 1.165) is 21.8 Å². The fraction of sp³-hybridized carbons (Fsp3) is 0.182. The first-order valence-corrected chi connectivity index (χ1v) is 7.05. The smallest absolute Gasteiger partial charge is 0.296 e. The molecule has 1 aromatic rings. The summed E-state index contributed by atoms with van der Waals surface area (Å²) in [5.74, 6) is -1.72. The number of amidine groups is 1. The average Bonchev–Trinajstić information content (AvgIpc) is 2.39. The highest BCUT2D eigenvalue weighted by atomic mass is 79.9. The monoisotopic (exact) mass is 365 g/mol. The zero-order valence-corrected chi connectivity index (χ0v) is 12.1. The van der Waals surface area contributed by atoms with E-state index < -0.39 is 12.1 Å². The van der Waals surface area contributed by atoms with Crippen molar-refractivity contribution in [2.75, 3.05) is 5.75 Å². The molecule has 1 heterocycles. The summed E-state index contributed by atoms with van der Waals surface area (Å²) in [5.41, 5.74) is 1.46. The van der Waals surface area contributed by atoms with Gasteiger partial charge in [0.15, 0.2) is 5.17 Å². The van der Waals surface area contributed by atoms with E-state index in [1.54, 1.807) is 5.32 Å². The van der Waals surface area contributed by atoms with Crippen molar-refractivity contribution in [2.45, 2.75) is 6.18 Å². The van der Waals surface area contributed by atoms with Crippen molar-refractivity contribution in [3.05, 3.63) is 34.3 Å². The zero-order chi connectivity index (χ0) is 14.8. The molecule has 2 rings (SSSR count). The van der Waals surface area contributed by atoms with Crippen molar-refractivity contribution in [3.8, 4) is 0 Å². The van der Waals surface area contributed by atoms with E-state index in [1.165, 1.54) is 0 Å². The van der Waals surface area contributed by atoms with Gasteiger partial charge in [0, 0.05) is 10.2 Å². The third-order valence-corrected chi connectivity index (χ3v) is 3.67. The van der Waals surface area contributed by atoms with Crippen LogP contribution in [0.2, 0.25) is 0 Å². The van der Waals surface area contributed by atoms with Crippen LogP contribution in [0.1, 0.15) is 5.56 Å². The minimum Gasteiger partial charge on any atom is -0.296 e. The van der Waals surface area contributed by atoms with Gasteiger partial charge < -0.3 is 0 Å². The number of benzene rings is 1. The lowest BCUT2D eigenvalue weighted by molar-refractivity contribution is -0.171. The molecule has 106 valence electrons. The Kier molecular flexibility index (Phi) is 4.48. The number of carbonyl (C=O) groups excluding carboxylic acids is 1. The van der Waals surface area contributed by atoms with Gasteiger partial charge in [-0.3, -0.25) is 10.1 Å². The summed E-state index contributed by atoms with van der Waals surface area (Å²) >= 11 is 4.29. The first-order valence-electron chi connectivity index (χ1n) is 5.27. The van der Waals surface area contributed by atoms with Crippen LogP contribution < -0.4 is 5.32 Å². The third-order valence-electron chi connectivity index (χ3n) is 2.26. The van der Waals surface area contributed by atoms with Crippen molar-refractivity contribution in [2.24, 2.45) is 10.2 Å². The Labute approximate surface area is 124 Å². The van der Waals surface area contributed by atoms with Gasteiger partial charge in [0.1, 0.15) is 0 Å². The van der Waals surface area contributed by atoms with Gasteiger partial charge in [-0.2, -0.15) is 18.3 Å². The van der Waals surface area contributed by atoms with Crippen molar-refractivity contribution in [1.82, 2.24) is 5.32 Å². The first kappa shape index (κ1) is 15.0. The van der Waals surface area contributed by atoms with Gasteiger partial charge in [-0.1, -0.05) is 39.8 Å². The summed E-state index contributed by atoms with van der Waals surface area (Å²) in [6.45, 7) is 0. The lowest BCUT2D eigenvalue weighted by atomic mass is 10.1. The van der Waals surface area contributed by atoms with E-state index in [4.69, 9.17) is 0 Å². The number of hydrogen-bond donors (Lipinski definition) is 1. The number of thioether (sulfide) groups is 1. The Morgan fingerprint density at radius 3 is 2.40 bits per heavy atom. The minimum atomic E-state index is -4.93. The SMILES string of the molecule is O=C(NC1=NN=C(c2ccc(Br)cc2)CS1)C(F)(F)F. The molecule has 0 atom stereocenters. The van der Waals surface area contributed by atoms with Crippen molar-refractivity contribution >= 4 is 44.5 Å². The highest BCUT2D eigenvalue weighted by molar-refractivity contribution is 9.10. The van der Waals surface area contributed by atoms with Gasteiger partial charge in [0.05, 0.1) is 5.71 Å². The van der Waals surface area contributed by atoms with Crippen molar-refractivity contribution in [3.63, 3.8) is 0 Å². The number of hydrogen-bond acceptors (Lipinski definition) is 4. The van der Waals surface area contributed by atoms with Crippen LogP contribution in [-0.4, -0.2) is 28.7 Å². The predicted molar refractivity (Wildman–Crippen MR) is 74.8 cm³/mol. The first-order chi connectivity index (χ1) is 9.36. The molecule has 0 saturated heterocycles. The Hall–Kier alpha value is -1.35. The van der Waals surface area contributed by atoms with Gasteiger partial charge in [-0.15, -0.1) is 5.10 Å². The van der Waals surface area contributed by atoms with Gasteiger partial charge >= 0.3 is 12.1 Å². The number of amides is 1. The maximum absolute atomic E-state index is 12.1. The molecule has 0 bridgehead atoms. The lowest BCUT2D eigenvalue weighted by Gasteiger charge is -2.13. The minimum absolute atomic E-state index is 0.159. The van der Waals surface area contributed by atoms with Crippen molar-refractivity contribution in [1.29, 1.82) is 0 Å². The Morgan fingerprint density at radius 2 is 1.90 bits per heavy atom. The summed E-state index contributed by atoms with van der Waals surface area (Å²) in [7, 11) is 0. The molecule has 0 aliphatic carbocycles.